The van der Waals surface area contributed by atoms with Crippen molar-refractivity contribution in [2.45, 2.75) is 57.3 Å². The Morgan fingerprint density at radius 3 is 2.76 bits per heavy atom. The summed E-state index contributed by atoms with van der Waals surface area (Å²) in [7, 11) is 1.40. The van der Waals surface area contributed by atoms with Gasteiger partial charge in [-0.15, -0.1) is 0 Å². The Balaban J connectivity index is 1.50. The molecule has 0 radical (unpaired) electrons. The van der Waals surface area contributed by atoms with Gasteiger partial charge in [0, 0.05) is 28.7 Å². The molecule has 1 atom stereocenters. The highest BCUT2D eigenvalue weighted by molar-refractivity contribution is 5.99. The van der Waals surface area contributed by atoms with E-state index in [1.54, 1.807) is 6.20 Å². The Morgan fingerprint density at radius 2 is 1.97 bits per heavy atom. The Morgan fingerprint density at radius 1 is 1.11 bits per heavy atom. The van der Waals surface area contributed by atoms with Gasteiger partial charge < -0.3 is 23.9 Å². The molecular formula is C31H32N2O5. The lowest BCUT2D eigenvalue weighted by atomic mass is 9.81. The molecule has 2 aromatic carbocycles. The first kappa shape index (κ1) is 24.5. The number of fused-ring (bicyclic) bond motifs is 5. The number of methoxy groups -OCH3 is 1. The van der Waals surface area contributed by atoms with Crippen molar-refractivity contribution in [1.29, 1.82) is 0 Å². The van der Waals surface area contributed by atoms with Crippen LogP contribution in [0.2, 0.25) is 0 Å². The number of nitrogens with zero attached hydrogens (tertiary/aromatic N) is 2. The third kappa shape index (κ3) is 4.63. The monoisotopic (exact) mass is 512 g/mol. The number of ether oxygens (including phenoxy) is 3. The maximum atomic E-state index is 12.4. The molecule has 1 aliphatic carbocycles. The first-order chi connectivity index (χ1) is 18.6. The Labute approximate surface area is 222 Å². The maximum Gasteiger partial charge on any atom is 0.337 e. The molecule has 2 aliphatic rings. The number of hydrogen-bond acceptors (Lipinski definition) is 6. The predicted octanol–water partition coefficient (Wildman–Crippen LogP) is 5.87. The largest absolute Gasteiger partial charge is 0.490 e. The van der Waals surface area contributed by atoms with Gasteiger partial charge in [-0.1, -0.05) is 31.4 Å². The fourth-order valence-electron chi connectivity index (χ4n) is 5.90. The quantitative estimate of drug-likeness (QED) is 0.337. The van der Waals surface area contributed by atoms with Gasteiger partial charge in [-0.05, 0) is 60.7 Å². The van der Waals surface area contributed by atoms with E-state index in [0.29, 0.717) is 36.1 Å². The van der Waals surface area contributed by atoms with Crippen LogP contribution in [0.4, 0.5) is 0 Å². The summed E-state index contributed by atoms with van der Waals surface area (Å²) in [5.41, 5.74) is 5.58. The van der Waals surface area contributed by atoms with Crippen LogP contribution in [0.5, 0.6) is 11.5 Å². The average Bonchev–Trinajstić information content (AvgIpc) is 3.27. The van der Waals surface area contributed by atoms with Gasteiger partial charge in [0.05, 0.1) is 30.6 Å². The molecule has 6 rings (SSSR count). The molecule has 3 heterocycles. The summed E-state index contributed by atoms with van der Waals surface area (Å²) in [4.78, 5) is 16.7. The molecule has 1 saturated carbocycles. The molecule has 1 fully saturated rings. The highest BCUT2D eigenvalue weighted by atomic mass is 16.5. The van der Waals surface area contributed by atoms with Gasteiger partial charge in [0.15, 0.2) is 0 Å². The standard InChI is InChI=1S/C31H32N2O5/c1-36-31(35)21-10-12-25-27(15-21)33-17-23(34)19-38-28-16-24(37-18-22-9-5-6-14-32-22)11-13-26(28)30(33)29(25)20-7-3-2-4-8-20/h5-6,9-16,20,23,34H,2-4,7-8,17-19H2,1H3/t23-/m0/s1. The number of pyridine rings is 1. The maximum absolute atomic E-state index is 12.4. The van der Waals surface area contributed by atoms with Gasteiger partial charge in [0.25, 0.3) is 0 Å². The lowest BCUT2D eigenvalue weighted by Gasteiger charge is -2.27. The van der Waals surface area contributed by atoms with E-state index >= 15 is 0 Å². The average molecular weight is 513 g/mol. The van der Waals surface area contributed by atoms with E-state index < -0.39 is 6.10 Å². The Bertz CT molecular complexity index is 1460. The SMILES string of the molecule is COC(=O)c1ccc2c(C3CCCCC3)c3n(c2c1)C[C@H](O)COc1cc(OCc2ccccn2)ccc1-3. The first-order valence-electron chi connectivity index (χ1n) is 13.3. The normalized spacial score (nSPS) is 17.6. The molecule has 0 unspecified atom stereocenters. The number of aromatic nitrogens is 2. The van der Waals surface area contributed by atoms with E-state index in [0.717, 1.165) is 40.7 Å². The number of aliphatic hydroxyl groups excluding tert-OH is 1. The minimum atomic E-state index is -0.711. The summed E-state index contributed by atoms with van der Waals surface area (Å²) < 4.78 is 19.4. The van der Waals surface area contributed by atoms with Crippen LogP contribution in [-0.2, 0) is 17.9 Å². The van der Waals surface area contributed by atoms with Crippen LogP contribution in [0.15, 0.2) is 60.8 Å². The fourth-order valence-corrected chi connectivity index (χ4v) is 5.90. The lowest BCUT2D eigenvalue weighted by Crippen LogP contribution is -2.26. The van der Waals surface area contributed by atoms with Crippen LogP contribution in [0, 0.1) is 0 Å². The van der Waals surface area contributed by atoms with Gasteiger partial charge >= 0.3 is 5.97 Å². The molecular weight excluding hydrogens is 480 g/mol. The van der Waals surface area contributed by atoms with Gasteiger partial charge in [-0.25, -0.2) is 4.79 Å². The summed E-state index contributed by atoms with van der Waals surface area (Å²) in [6.07, 6.45) is 6.93. The number of benzene rings is 2. The van der Waals surface area contributed by atoms with Crippen molar-refractivity contribution >= 4 is 16.9 Å². The molecule has 196 valence electrons. The number of carbonyl (C=O) groups excluding carboxylic acids is 1. The zero-order chi connectivity index (χ0) is 26.1. The molecule has 0 amide bonds. The van der Waals surface area contributed by atoms with E-state index in [1.807, 2.05) is 48.5 Å². The zero-order valence-electron chi connectivity index (χ0n) is 21.6. The van der Waals surface area contributed by atoms with Gasteiger partial charge in [0.1, 0.15) is 30.8 Å². The molecule has 7 nitrogen and oxygen atoms in total. The second kappa shape index (κ2) is 10.5. The van der Waals surface area contributed by atoms with Crippen molar-refractivity contribution < 1.29 is 24.1 Å². The summed E-state index contributed by atoms with van der Waals surface area (Å²) in [6, 6.07) is 17.5. The van der Waals surface area contributed by atoms with E-state index in [9.17, 15) is 9.90 Å². The Kier molecular flexibility index (Phi) is 6.77. The van der Waals surface area contributed by atoms with Crippen LogP contribution in [0.3, 0.4) is 0 Å². The highest BCUT2D eigenvalue weighted by Crippen LogP contribution is 2.47. The molecule has 38 heavy (non-hydrogen) atoms. The second-order valence-electron chi connectivity index (χ2n) is 10.2. The van der Waals surface area contributed by atoms with Crippen LogP contribution in [-0.4, -0.2) is 40.4 Å². The number of hydrogen-bond donors (Lipinski definition) is 1. The van der Waals surface area contributed by atoms with Crippen molar-refractivity contribution in [2.75, 3.05) is 13.7 Å². The summed E-state index contributed by atoms with van der Waals surface area (Å²) in [6.45, 7) is 0.887. The molecule has 0 saturated heterocycles. The second-order valence-corrected chi connectivity index (χ2v) is 10.2. The molecule has 1 aliphatic heterocycles. The lowest BCUT2D eigenvalue weighted by molar-refractivity contribution is 0.0601. The molecule has 0 bridgehead atoms. The van der Waals surface area contributed by atoms with Gasteiger partial charge in [0.2, 0.25) is 0 Å². The molecule has 2 aromatic heterocycles. The third-order valence-corrected chi connectivity index (χ3v) is 7.68. The minimum Gasteiger partial charge on any atom is -0.490 e. The van der Waals surface area contributed by atoms with E-state index in [1.165, 1.54) is 31.9 Å². The van der Waals surface area contributed by atoms with E-state index in [-0.39, 0.29) is 12.6 Å². The van der Waals surface area contributed by atoms with Crippen LogP contribution in [0.25, 0.3) is 22.2 Å². The number of aliphatic hydroxyl groups is 1. The van der Waals surface area contributed by atoms with Crippen molar-refractivity contribution in [2.24, 2.45) is 0 Å². The van der Waals surface area contributed by atoms with Gasteiger partial charge in [-0.2, -0.15) is 0 Å². The molecule has 0 spiro atoms. The highest BCUT2D eigenvalue weighted by Gasteiger charge is 2.30. The molecule has 7 heteroatoms. The van der Waals surface area contributed by atoms with Crippen molar-refractivity contribution in [3.8, 4) is 22.8 Å². The summed E-state index contributed by atoms with van der Waals surface area (Å²) >= 11 is 0. The van der Waals surface area contributed by atoms with Crippen molar-refractivity contribution in [3.05, 3.63) is 77.6 Å². The zero-order valence-corrected chi connectivity index (χ0v) is 21.6. The number of esters is 1. The molecule has 1 N–H and O–H groups in total. The minimum absolute atomic E-state index is 0.158. The van der Waals surface area contributed by atoms with Gasteiger partial charge in [-0.3, -0.25) is 4.98 Å². The summed E-state index contributed by atoms with van der Waals surface area (Å²) in [5.74, 6) is 1.39. The van der Waals surface area contributed by atoms with Crippen molar-refractivity contribution in [3.63, 3.8) is 0 Å². The fraction of sp³-hybridized carbons (Fsp3) is 0.355. The van der Waals surface area contributed by atoms with Crippen LogP contribution < -0.4 is 9.47 Å². The molecule has 4 aromatic rings. The summed E-state index contributed by atoms with van der Waals surface area (Å²) in [5, 5.41) is 12.1. The smallest absolute Gasteiger partial charge is 0.337 e. The topological polar surface area (TPSA) is 82.8 Å². The number of carbonyl (C=O) groups is 1. The van der Waals surface area contributed by atoms with E-state index in [2.05, 4.69) is 15.6 Å². The van der Waals surface area contributed by atoms with Crippen LogP contribution >= 0.6 is 0 Å². The van der Waals surface area contributed by atoms with E-state index in [4.69, 9.17) is 14.2 Å². The first-order valence-corrected chi connectivity index (χ1v) is 13.3. The van der Waals surface area contributed by atoms with Crippen LogP contribution in [0.1, 0.15) is 59.6 Å². The van der Waals surface area contributed by atoms with Crippen molar-refractivity contribution in [1.82, 2.24) is 9.55 Å². The Hall–Kier alpha value is -3.84. The predicted molar refractivity (Wildman–Crippen MR) is 145 cm³/mol. The third-order valence-electron chi connectivity index (χ3n) is 7.68. The number of rotatable bonds is 5.